The molecule has 29 heavy (non-hydrogen) atoms. The van der Waals surface area contributed by atoms with Crippen molar-refractivity contribution in [3.05, 3.63) is 45.3 Å². The number of aryl methyl sites for hydroxylation is 2. The lowest BCUT2D eigenvalue weighted by Gasteiger charge is -2.31. The van der Waals surface area contributed by atoms with Crippen LogP contribution in [0.2, 0.25) is 0 Å². The molecule has 6 heteroatoms. The Morgan fingerprint density at radius 3 is 2.72 bits per heavy atom. The summed E-state index contributed by atoms with van der Waals surface area (Å²) in [6.07, 6.45) is 3.82. The van der Waals surface area contributed by atoms with Crippen LogP contribution in [0.25, 0.3) is 21.3 Å². The van der Waals surface area contributed by atoms with E-state index in [0.717, 1.165) is 76.6 Å². The lowest BCUT2D eigenvalue weighted by Crippen LogP contribution is -2.37. The van der Waals surface area contributed by atoms with Crippen molar-refractivity contribution < 1.29 is 4.74 Å². The summed E-state index contributed by atoms with van der Waals surface area (Å²) in [4.78, 5) is 23.2. The van der Waals surface area contributed by atoms with Gasteiger partial charge in [-0.2, -0.15) is 0 Å². The number of piperidine rings is 1. The van der Waals surface area contributed by atoms with Gasteiger partial charge in [0.05, 0.1) is 12.5 Å². The SMILES string of the molecule is CCCc1nc2sc(C)c(-c3cccc(OC)c3)c2c(=O)n1C1CCN(C)CC1. The summed E-state index contributed by atoms with van der Waals surface area (Å²) in [5, 5.41) is 0.763. The highest BCUT2D eigenvalue weighted by atomic mass is 32.1. The lowest BCUT2D eigenvalue weighted by atomic mass is 10.0. The highest BCUT2D eigenvalue weighted by Gasteiger charge is 2.25. The van der Waals surface area contributed by atoms with Crippen LogP contribution < -0.4 is 10.3 Å². The Bertz CT molecular complexity index is 1080. The molecule has 4 rings (SSSR count). The minimum absolute atomic E-state index is 0.121. The van der Waals surface area contributed by atoms with E-state index in [0.29, 0.717) is 0 Å². The Kier molecular flexibility index (Phi) is 5.74. The number of benzene rings is 1. The number of rotatable bonds is 5. The molecule has 1 aliphatic heterocycles. The number of fused-ring (bicyclic) bond motifs is 1. The molecule has 5 nitrogen and oxygen atoms in total. The second kappa shape index (κ2) is 8.28. The quantitative estimate of drug-likeness (QED) is 0.613. The molecule has 2 aromatic heterocycles. The minimum Gasteiger partial charge on any atom is -0.497 e. The van der Waals surface area contributed by atoms with Gasteiger partial charge < -0.3 is 9.64 Å². The van der Waals surface area contributed by atoms with Crippen molar-refractivity contribution >= 4 is 21.6 Å². The molecule has 0 spiro atoms. The van der Waals surface area contributed by atoms with Crippen LogP contribution in [0.3, 0.4) is 0 Å². The molecule has 0 radical (unpaired) electrons. The van der Waals surface area contributed by atoms with Crippen LogP contribution >= 0.6 is 11.3 Å². The number of aromatic nitrogens is 2. The second-order valence-corrected chi connectivity index (χ2v) is 9.14. The number of hydrogen-bond acceptors (Lipinski definition) is 5. The largest absolute Gasteiger partial charge is 0.497 e. The molecule has 154 valence electrons. The maximum atomic E-state index is 13.9. The van der Waals surface area contributed by atoms with Gasteiger partial charge in [-0.3, -0.25) is 9.36 Å². The van der Waals surface area contributed by atoms with E-state index in [2.05, 4.69) is 31.9 Å². The third kappa shape index (κ3) is 3.71. The van der Waals surface area contributed by atoms with Crippen LogP contribution in [0.4, 0.5) is 0 Å². The maximum Gasteiger partial charge on any atom is 0.263 e. The highest BCUT2D eigenvalue weighted by Crippen LogP contribution is 2.37. The molecule has 1 fully saturated rings. The fourth-order valence-corrected chi connectivity index (χ4v) is 5.43. The molecule has 1 aromatic carbocycles. The van der Waals surface area contributed by atoms with Gasteiger partial charge in [-0.1, -0.05) is 19.1 Å². The van der Waals surface area contributed by atoms with Crippen molar-refractivity contribution in [2.24, 2.45) is 0 Å². The summed E-state index contributed by atoms with van der Waals surface area (Å²) in [6, 6.07) is 8.20. The Hall–Kier alpha value is -2.18. The van der Waals surface area contributed by atoms with Gasteiger partial charge in [0.15, 0.2) is 0 Å². The van der Waals surface area contributed by atoms with Crippen molar-refractivity contribution in [2.45, 2.75) is 45.6 Å². The minimum atomic E-state index is 0.121. The fourth-order valence-electron chi connectivity index (χ4n) is 4.37. The van der Waals surface area contributed by atoms with Crippen molar-refractivity contribution in [3.63, 3.8) is 0 Å². The summed E-state index contributed by atoms with van der Waals surface area (Å²) in [7, 11) is 3.82. The van der Waals surface area contributed by atoms with Gasteiger partial charge >= 0.3 is 0 Å². The zero-order valence-corrected chi connectivity index (χ0v) is 18.5. The zero-order valence-electron chi connectivity index (χ0n) is 17.7. The molecule has 0 atom stereocenters. The molecule has 3 heterocycles. The first-order valence-electron chi connectivity index (χ1n) is 10.4. The van der Waals surface area contributed by atoms with Gasteiger partial charge in [0, 0.05) is 22.9 Å². The summed E-state index contributed by atoms with van der Waals surface area (Å²) in [6.45, 7) is 6.27. The van der Waals surface area contributed by atoms with Crippen LogP contribution in [0.15, 0.2) is 29.1 Å². The van der Waals surface area contributed by atoms with Gasteiger partial charge in [-0.15, -0.1) is 11.3 Å². The first-order chi connectivity index (χ1) is 14.0. The molecular weight excluding hydrogens is 382 g/mol. The van der Waals surface area contributed by atoms with Gasteiger partial charge in [-0.25, -0.2) is 4.98 Å². The predicted octanol–water partition coefficient (Wildman–Crippen LogP) is 4.66. The van der Waals surface area contributed by atoms with Gasteiger partial charge in [-0.05, 0) is 64.0 Å². The van der Waals surface area contributed by atoms with E-state index in [9.17, 15) is 4.79 Å². The first kappa shape index (κ1) is 20.1. The predicted molar refractivity (Wildman–Crippen MR) is 120 cm³/mol. The smallest absolute Gasteiger partial charge is 0.263 e. The average molecular weight is 412 g/mol. The number of hydrogen-bond donors (Lipinski definition) is 0. The second-order valence-electron chi connectivity index (χ2n) is 7.93. The van der Waals surface area contributed by atoms with Crippen LogP contribution in [-0.2, 0) is 6.42 Å². The third-order valence-corrected chi connectivity index (χ3v) is 6.89. The fraction of sp³-hybridized carbons (Fsp3) is 0.478. The molecule has 0 aliphatic carbocycles. The molecule has 1 saturated heterocycles. The zero-order chi connectivity index (χ0) is 20.5. The topological polar surface area (TPSA) is 47.4 Å². The lowest BCUT2D eigenvalue weighted by molar-refractivity contribution is 0.215. The van der Waals surface area contributed by atoms with Crippen molar-refractivity contribution in [1.29, 1.82) is 0 Å². The Balaban J connectivity index is 1.94. The van der Waals surface area contributed by atoms with Crippen LogP contribution in [0.1, 0.15) is 42.9 Å². The van der Waals surface area contributed by atoms with Crippen molar-refractivity contribution in [1.82, 2.24) is 14.5 Å². The standard InChI is InChI=1S/C23H29N3O2S/c1-5-7-19-24-22-21(23(27)26(19)17-10-12-25(3)13-11-17)20(15(2)29-22)16-8-6-9-18(14-16)28-4/h6,8-9,14,17H,5,7,10-13H2,1-4H3. The summed E-state index contributed by atoms with van der Waals surface area (Å²) in [5.74, 6) is 1.74. The third-order valence-electron chi connectivity index (χ3n) is 5.89. The molecule has 3 aromatic rings. The average Bonchev–Trinajstić information content (AvgIpc) is 3.05. The highest BCUT2D eigenvalue weighted by molar-refractivity contribution is 7.19. The number of likely N-dealkylation sites (tertiary alicyclic amines) is 1. The van der Waals surface area contributed by atoms with Crippen LogP contribution in [0.5, 0.6) is 5.75 Å². The maximum absolute atomic E-state index is 13.9. The van der Waals surface area contributed by atoms with E-state index in [1.54, 1.807) is 18.4 Å². The molecule has 0 unspecified atom stereocenters. The van der Waals surface area contributed by atoms with E-state index < -0.39 is 0 Å². The monoisotopic (exact) mass is 411 g/mol. The summed E-state index contributed by atoms with van der Waals surface area (Å²) in [5.41, 5.74) is 2.14. The Labute approximate surface area is 176 Å². The summed E-state index contributed by atoms with van der Waals surface area (Å²) < 4.78 is 7.44. The number of nitrogens with zero attached hydrogens (tertiary/aromatic N) is 3. The summed E-state index contributed by atoms with van der Waals surface area (Å²) >= 11 is 1.62. The molecular formula is C23H29N3O2S. The Morgan fingerprint density at radius 1 is 1.28 bits per heavy atom. The first-order valence-corrected chi connectivity index (χ1v) is 11.2. The van der Waals surface area contributed by atoms with Gasteiger partial charge in [0.25, 0.3) is 5.56 Å². The van der Waals surface area contributed by atoms with E-state index in [-0.39, 0.29) is 11.6 Å². The number of methoxy groups -OCH3 is 1. The normalized spacial score (nSPS) is 15.9. The van der Waals surface area contributed by atoms with Crippen molar-refractivity contribution in [3.8, 4) is 16.9 Å². The van der Waals surface area contributed by atoms with E-state index in [4.69, 9.17) is 9.72 Å². The molecule has 0 saturated carbocycles. The molecule has 0 N–H and O–H groups in total. The van der Waals surface area contributed by atoms with E-state index >= 15 is 0 Å². The van der Waals surface area contributed by atoms with E-state index in [1.165, 1.54) is 0 Å². The van der Waals surface area contributed by atoms with Crippen LogP contribution in [-0.4, -0.2) is 41.7 Å². The van der Waals surface area contributed by atoms with Crippen LogP contribution in [0, 0.1) is 6.92 Å². The molecule has 0 bridgehead atoms. The van der Waals surface area contributed by atoms with Gasteiger partial charge in [0.2, 0.25) is 0 Å². The number of thiophene rings is 1. The Morgan fingerprint density at radius 2 is 2.03 bits per heavy atom. The van der Waals surface area contributed by atoms with E-state index in [1.807, 2.05) is 22.8 Å². The molecule has 0 amide bonds. The van der Waals surface area contributed by atoms with Gasteiger partial charge in [0.1, 0.15) is 16.4 Å². The molecule has 1 aliphatic rings. The van der Waals surface area contributed by atoms with Crippen molar-refractivity contribution in [2.75, 3.05) is 27.2 Å². The number of ether oxygens (including phenoxy) is 1.